The number of amides is 1. The number of hydrazine groups is 1. The van der Waals surface area contributed by atoms with Crippen LogP contribution in [0.4, 0.5) is 0 Å². The Kier molecular flexibility index (Phi) is 6.36. The second-order valence-corrected chi connectivity index (χ2v) is 6.65. The third kappa shape index (κ3) is 6.41. The lowest BCUT2D eigenvalue weighted by Crippen LogP contribution is -2.42. The van der Waals surface area contributed by atoms with Gasteiger partial charge >= 0.3 is 0 Å². The summed E-state index contributed by atoms with van der Waals surface area (Å²) in [6.07, 6.45) is 1.42. The number of halogens is 1. The molecule has 0 fully saturated rings. The highest BCUT2D eigenvalue weighted by atomic mass is 35.5. The molecule has 0 aromatic heterocycles. The van der Waals surface area contributed by atoms with Crippen LogP contribution < -0.4 is 15.0 Å². The molecule has 0 saturated heterocycles. The Morgan fingerprint density at radius 2 is 1.75 bits per heavy atom. The molecule has 24 heavy (non-hydrogen) atoms. The molecule has 2 N–H and O–H groups in total. The first-order valence-electron chi connectivity index (χ1n) is 6.87. The van der Waals surface area contributed by atoms with E-state index in [1.165, 1.54) is 6.08 Å². The average Bonchev–Trinajstić information content (AvgIpc) is 2.59. The summed E-state index contributed by atoms with van der Waals surface area (Å²) >= 11 is 5.73. The molecule has 0 bridgehead atoms. The van der Waals surface area contributed by atoms with Crippen LogP contribution in [0.3, 0.4) is 0 Å². The highest BCUT2D eigenvalue weighted by Gasteiger charge is 2.08. The molecule has 0 aliphatic heterocycles. The van der Waals surface area contributed by atoms with Crippen molar-refractivity contribution in [1.29, 1.82) is 0 Å². The van der Waals surface area contributed by atoms with E-state index in [-0.39, 0.29) is 6.61 Å². The Morgan fingerprint density at radius 3 is 2.42 bits per heavy atom. The molecular weight excluding hydrogens is 352 g/mol. The normalized spacial score (nSPS) is 11.4. The largest absolute Gasteiger partial charge is 0.484 e. The fraction of sp³-hybridized carbons (Fsp3) is 0.0625. The maximum Gasteiger partial charge on any atom is 0.272 e. The molecule has 2 aromatic carbocycles. The average molecular weight is 367 g/mol. The highest BCUT2D eigenvalue weighted by Crippen LogP contribution is 2.15. The number of nitrogens with one attached hydrogen (secondary N) is 2. The molecule has 0 heterocycles. The monoisotopic (exact) mass is 366 g/mol. The standard InChI is InChI=1S/C16H15ClN2O4S/c17-14-6-8-15(9-7-14)23-12-16(20)18-19-24(21,22)11-10-13-4-2-1-3-5-13/h1-11,19H,12H2,(H,18,20)/b11-10+. The molecule has 8 heteroatoms. The van der Waals surface area contributed by atoms with Crippen LogP contribution in [0.2, 0.25) is 5.02 Å². The van der Waals surface area contributed by atoms with Crippen LogP contribution >= 0.6 is 11.6 Å². The van der Waals surface area contributed by atoms with Gasteiger partial charge < -0.3 is 4.74 Å². The zero-order chi connectivity index (χ0) is 17.4. The summed E-state index contributed by atoms with van der Waals surface area (Å²) < 4.78 is 28.7. The zero-order valence-electron chi connectivity index (χ0n) is 12.5. The minimum atomic E-state index is -3.80. The quantitative estimate of drug-likeness (QED) is 0.736. The summed E-state index contributed by atoms with van der Waals surface area (Å²) in [7, 11) is -3.80. The first-order chi connectivity index (χ1) is 11.4. The fourth-order valence-corrected chi connectivity index (χ4v) is 2.40. The lowest BCUT2D eigenvalue weighted by Gasteiger charge is -2.07. The topological polar surface area (TPSA) is 84.5 Å². The first-order valence-corrected chi connectivity index (χ1v) is 8.79. The van der Waals surface area contributed by atoms with Crippen LogP contribution in [0.1, 0.15) is 5.56 Å². The summed E-state index contributed by atoms with van der Waals surface area (Å²) in [6.45, 7) is -0.341. The van der Waals surface area contributed by atoms with Gasteiger partial charge in [0.25, 0.3) is 15.9 Å². The van der Waals surface area contributed by atoms with Gasteiger partial charge in [-0.1, -0.05) is 41.9 Å². The Balaban J connectivity index is 1.79. The third-order valence-corrected chi connectivity index (χ3v) is 3.89. The molecule has 2 aromatic rings. The SMILES string of the molecule is O=C(COc1ccc(Cl)cc1)NNS(=O)(=O)/C=C/c1ccccc1. The minimum absolute atomic E-state index is 0.341. The van der Waals surface area contributed by atoms with Crippen molar-refractivity contribution in [3.8, 4) is 5.75 Å². The molecule has 0 saturated carbocycles. The molecule has 0 aliphatic carbocycles. The number of hydrogen-bond acceptors (Lipinski definition) is 4. The molecule has 126 valence electrons. The van der Waals surface area contributed by atoms with E-state index in [0.717, 1.165) is 11.0 Å². The number of hydrogen-bond donors (Lipinski definition) is 2. The Bertz CT molecular complexity index is 806. The second-order valence-electron chi connectivity index (χ2n) is 4.65. The van der Waals surface area contributed by atoms with Gasteiger partial charge in [-0.15, -0.1) is 4.83 Å². The van der Waals surface area contributed by atoms with E-state index in [0.29, 0.717) is 10.8 Å². The summed E-state index contributed by atoms with van der Waals surface area (Å²) in [5.41, 5.74) is 2.78. The molecule has 0 aliphatic rings. The van der Waals surface area contributed by atoms with Gasteiger partial charge in [-0.05, 0) is 35.9 Å². The number of sulfonamides is 1. The van der Waals surface area contributed by atoms with Crippen molar-refractivity contribution >= 4 is 33.6 Å². The lowest BCUT2D eigenvalue weighted by molar-refractivity contribution is -0.123. The van der Waals surface area contributed by atoms with Crippen LogP contribution in [0.15, 0.2) is 60.0 Å². The number of carbonyl (C=O) groups is 1. The van der Waals surface area contributed by atoms with Crippen molar-refractivity contribution in [2.45, 2.75) is 0 Å². The molecule has 2 rings (SSSR count). The fourth-order valence-electron chi connectivity index (χ4n) is 1.61. The Hall–Kier alpha value is -2.35. The van der Waals surface area contributed by atoms with Gasteiger partial charge in [0.2, 0.25) is 0 Å². The van der Waals surface area contributed by atoms with Gasteiger partial charge in [-0.2, -0.15) is 0 Å². The van der Waals surface area contributed by atoms with E-state index in [9.17, 15) is 13.2 Å². The number of carbonyl (C=O) groups excluding carboxylic acids is 1. The van der Waals surface area contributed by atoms with Crippen LogP contribution in [0, 0.1) is 0 Å². The van der Waals surface area contributed by atoms with Crippen LogP contribution in [-0.2, 0) is 14.8 Å². The van der Waals surface area contributed by atoms with E-state index in [1.807, 2.05) is 10.9 Å². The van der Waals surface area contributed by atoms with Gasteiger partial charge in [-0.3, -0.25) is 10.2 Å². The number of benzene rings is 2. The molecule has 1 amide bonds. The van der Waals surface area contributed by atoms with Crippen LogP contribution in [-0.4, -0.2) is 20.9 Å². The van der Waals surface area contributed by atoms with Gasteiger partial charge in [0.1, 0.15) is 5.75 Å². The van der Waals surface area contributed by atoms with Gasteiger partial charge in [-0.25, -0.2) is 8.42 Å². The highest BCUT2D eigenvalue weighted by molar-refractivity contribution is 7.92. The van der Waals surface area contributed by atoms with Crippen LogP contribution in [0.25, 0.3) is 6.08 Å². The molecule has 6 nitrogen and oxygen atoms in total. The van der Waals surface area contributed by atoms with Crippen molar-refractivity contribution in [2.75, 3.05) is 6.61 Å². The van der Waals surface area contributed by atoms with Crippen molar-refractivity contribution in [3.63, 3.8) is 0 Å². The summed E-state index contributed by atoms with van der Waals surface area (Å²) in [5, 5.41) is 1.51. The summed E-state index contributed by atoms with van der Waals surface area (Å²) in [6, 6.07) is 15.3. The van der Waals surface area contributed by atoms with E-state index in [2.05, 4.69) is 5.43 Å². The van der Waals surface area contributed by atoms with Crippen molar-refractivity contribution in [2.24, 2.45) is 0 Å². The number of rotatable bonds is 7. The molecule has 0 unspecified atom stereocenters. The number of ether oxygens (including phenoxy) is 1. The minimum Gasteiger partial charge on any atom is -0.484 e. The van der Waals surface area contributed by atoms with Gasteiger partial charge in [0, 0.05) is 10.4 Å². The van der Waals surface area contributed by atoms with E-state index >= 15 is 0 Å². The molecular formula is C16H15ClN2O4S. The lowest BCUT2D eigenvalue weighted by atomic mass is 10.2. The summed E-state index contributed by atoms with van der Waals surface area (Å²) in [4.78, 5) is 13.6. The Labute approximate surface area is 145 Å². The van der Waals surface area contributed by atoms with E-state index in [1.54, 1.807) is 48.5 Å². The molecule has 0 spiro atoms. The maximum atomic E-state index is 11.8. The molecule has 0 atom stereocenters. The maximum absolute atomic E-state index is 11.8. The van der Waals surface area contributed by atoms with E-state index < -0.39 is 15.9 Å². The summed E-state index contributed by atoms with van der Waals surface area (Å²) in [5.74, 6) is -0.192. The van der Waals surface area contributed by atoms with Crippen LogP contribution in [0.5, 0.6) is 5.75 Å². The third-order valence-electron chi connectivity index (χ3n) is 2.76. The predicted octanol–water partition coefficient (Wildman–Crippen LogP) is 2.34. The zero-order valence-corrected chi connectivity index (χ0v) is 14.0. The second kappa shape index (κ2) is 8.49. The molecule has 0 radical (unpaired) electrons. The first kappa shape index (κ1) is 18.0. The predicted molar refractivity (Wildman–Crippen MR) is 92.6 cm³/mol. The van der Waals surface area contributed by atoms with E-state index in [4.69, 9.17) is 16.3 Å². The smallest absolute Gasteiger partial charge is 0.272 e. The van der Waals surface area contributed by atoms with Crippen molar-refractivity contribution < 1.29 is 17.9 Å². The van der Waals surface area contributed by atoms with Crippen molar-refractivity contribution in [3.05, 3.63) is 70.6 Å². The Morgan fingerprint density at radius 1 is 1.08 bits per heavy atom. The van der Waals surface area contributed by atoms with Gasteiger partial charge in [0.15, 0.2) is 6.61 Å². The van der Waals surface area contributed by atoms with Crippen molar-refractivity contribution in [1.82, 2.24) is 10.3 Å². The van der Waals surface area contributed by atoms with Gasteiger partial charge in [0.05, 0.1) is 0 Å².